The second kappa shape index (κ2) is 5.97. The van der Waals surface area contributed by atoms with E-state index in [9.17, 15) is 9.59 Å². The maximum absolute atomic E-state index is 12.6. The number of nitrogens with one attached hydrogen (secondary N) is 1. The Labute approximate surface area is 138 Å². The summed E-state index contributed by atoms with van der Waals surface area (Å²) >= 11 is 9.58. The van der Waals surface area contributed by atoms with E-state index in [0.29, 0.717) is 18.0 Å². The van der Waals surface area contributed by atoms with Crippen molar-refractivity contribution < 1.29 is 9.59 Å². The SMILES string of the molecule is CCC1NC(=O)C(C)(C)N(Cc2ccc(Br)cc2Cl)C1=O. The first-order valence-electron chi connectivity index (χ1n) is 6.83. The van der Waals surface area contributed by atoms with Gasteiger partial charge in [-0.2, -0.15) is 0 Å². The molecule has 1 aliphatic heterocycles. The molecule has 2 amide bonds. The van der Waals surface area contributed by atoms with E-state index in [-0.39, 0.29) is 11.8 Å². The summed E-state index contributed by atoms with van der Waals surface area (Å²) in [4.78, 5) is 26.4. The fourth-order valence-electron chi connectivity index (χ4n) is 2.36. The van der Waals surface area contributed by atoms with Gasteiger partial charge in [0.05, 0.1) is 0 Å². The average Bonchev–Trinajstić information content (AvgIpc) is 2.41. The molecule has 0 aliphatic carbocycles. The quantitative estimate of drug-likeness (QED) is 0.885. The van der Waals surface area contributed by atoms with Gasteiger partial charge in [0.2, 0.25) is 11.8 Å². The molecule has 1 aliphatic rings. The van der Waals surface area contributed by atoms with Gasteiger partial charge in [0.15, 0.2) is 0 Å². The van der Waals surface area contributed by atoms with Crippen LogP contribution in [0.4, 0.5) is 0 Å². The lowest BCUT2D eigenvalue weighted by molar-refractivity contribution is -0.156. The Hall–Kier alpha value is -1.07. The molecule has 0 saturated carbocycles. The van der Waals surface area contributed by atoms with Crippen LogP contribution in [-0.4, -0.2) is 28.3 Å². The van der Waals surface area contributed by atoms with Crippen molar-refractivity contribution in [2.24, 2.45) is 0 Å². The molecule has 1 saturated heterocycles. The molecule has 0 aromatic heterocycles. The summed E-state index contributed by atoms with van der Waals surface area (Å²) in [5, 5.41) is 3.35. The molecular formula is C15H18BrClN2O2. The first-order chi connectivity index (χ1) is 9.77. The van der Waals surface area contributed by atoms with Crippen molar-refractivity contribution in [3.63, 3.8) is 0 Å². The topological polar surface area (TPSA) is 49.4 Å². The lowest BCUT2D eigenvalue weighted by Crippen LogP contribution is -2.67. The smallest absolute Gasteiger partial charge is 0.246 e. The lowest BCUT2D eigenvalue weighted by Gasteiger charge is -2.44. The molecule has 0 spiro atoms. The molecule has 6 heteroatoms. The highest BCUT2D eigenvalue weighted by atomic mass is 79.9. The summed E-state index contributed by atoms with van der Waals surface area (Å²) < 4.78 is 0.879. The lowest BCUT2D eigenvalue weighted by atomic mass is 9.94. The second-order valence-electron chi connectivity index (χ2n) is 5.65. The molecular weight excluding hydrogens is 356 g/mol. The van der Waals surface area contributed by atoms with E-state index < -0.39 is 11.6 Å². The number of hydrogen-bond donors (Lipinski definition) is 1. The minimum atomic E-state index is -0.890. The van der Waals surface area contributed by atoms with Gasteiger partial charge < -0.3 is 10.2 Å². The van der Waals surface area contributed by atoms with E-state index >= 15 is 0 Å². The molecule has 1 fully saturated rings. The first kappa shape index (κ1) is 16.3. The normalized spacial score (nSPS) is 21.4. The molecule has 2 rings (SSSR count). The van der Waals surface area contributed by atoms with Crippen molar-refractivity contribution in [2.45, 2.75) is 45.3 Å². The Morgan fingerprint density at radius 3 is 2.62 bits per heavy atom. The number of hydrogen-bond acceptors (Lipinski definition) is 2. The fourth-order valence-corrected chi connectivity index (χ4v) is 3.09. The van der Waals surface area contributed by atoms with Crippen LogP contribution >= 0.6 is 27.5 Å². The van der Waals surface area contributed by atoms with Crippen LogP contribution in [0.15, 0.2) is 22.7 Å². The summed E-state index contributed by atoms with van der Waals surface area (Å²) in [7, 11) is 0. The molecule has 1 aromatic carbocycles. The molecule has 21 heavy (non-hydrogen) atoms. The van der Waals surface area contributed by atoms with Gasteiger partial charge >= 0.3 is 0 Å². The van der Waals surface area contributed by atoms with Crippen LogP contribution in [0.25, 0.3) is 0 Å². The van der Waals surface area contributed by atoms with Gasteiger partial charge in [-0.15, -0.1) is 0 Å². The molecule has 1 heterocycles. The zero-order chi connectivity index (χ0) is 15.8. The van der Waals surface area contributed by atoms with E-state index in [4.69, 9.17) is 11.6 Å². The Balaban J connectivity index is 2.34. The van der Waals surface area contributed by atoms with E-state index in [1.165, 1.54) is 0 Å². The second-order valence-corrected chi connectivity index (χ2v) is 6.98. The van der Waals surface area contributed by atoms with Gasteiger partial charge in [0.25, 0.3) is 0 Å². The molecule has 4 nitrogen and oxygen atoms in total. The van der Waals surface area contributed by atoms with Gasteiger partial charge in [0, 0.05) is 16.0 Å². The van der Waals surface area contributed by atoms with Crippen LogP contribution in [0.2, 0.25) is 5.02 Å². The van der Waals surface area contributed by atoms with Gasteiger partial charge in [0.1, 0.15) is 11.6 Å². The third-order valence-corrected chi connectivity index (χ3v) is 4.70. The molecule has 1 N–H and O–H groups in total. The van der Waals surface area contributed by atoms with Crippen molar-refractivity contribution in [2.75, 3.05) is 0 Å². The summed E-state index contributed by atoms with van der Waals surface area (Å²) in [5.41, 5.74) is -0.0649. The van der Waals surface area contributed by atoms with Crippen LogP contribution in [-0.2, 0) is 16.1 Å². The van der Waals surface area contributed by atoms with Gasteiger partial charge in [-0.05, 0) is 38.0 Å². The number of rotatable bonds is 3. The van der Waals surface area contributed by atoms with Crippen molar-refractivity contribution in [3.05, 3.63) is 33.3 Å². The number of amides is 2. The van der Waals surface area contributed by atoms with E-state index in [1.54, 1.807) is 24.8 Å². The van der Waals surface area contributed by atoms with Crippen LogP contribution in [0.5, 0.6) is 0 Å². The van der Waals surface area contributed by atoms with E-state index in [0.717, 1.165) is 10.0 Å². The molecule has 1 unspecified atom stereocenters. The van der Waals surface area contributed by atoms with Gasteiger partial charge in [-0.25, -0.2) is 0 Å². The van der Waals surface area contributed by atoms with Crippen molar-refractivity contribution in [3.8, 4) is 0 Å². The third-order valence-electron chi connectivity index (χ3n) is 3.85. The van der Waals surface area contributed by atoms with Crippen LogP contribution in [0.3, 0.4) is 0 Å². The van der Waals surface area contributed by atoms with E-state index in [1.807, 2.05) is 19.1 Å². The number of carbonyl (C=O) groups is 2. The number of nitrogens with zero attached hydrogens (tertiary/aromatic N) is 1. The number of piperazine rings is 1. The Bertz CT molecular complexity index is 589. The van der Waals surface area contributed by atoms with Gasteiger partial charge in [-0.3, -0.25) is 9.59 Å². The summed E-state index contributed by atoms with van der Waals surface area (Å²) in [6.07, 6.45) is 0.575. The minimum absolute atomic E-state index is 0.0684. The largest absolute Gasteiger partial charge is 0.342 e. The highest BCUT2D eigenvalue weighted by molar-refractivity contribution is 9.10. The Morgan fingerprint density at radius 2 is 2.05 bits per heavy atom. The predicted molar refractivity (Wildman–Crippen MR) is 86.0 cm³/mol. The van der Waals surface area contributed by atoms with Crippen LogP contribution in [0, 0.1) is 0 Å². The Morgan fingerprint density at radius 1 is 1.38 bits per heavy atom. The van der Waals surface area contributed by atoms with Crippen LogP contribution < -0.4 is 5.32 Å². The van der Waals surface area contributed by atoms with E-state index in [2.05, 4.69) is 21.2 Å². The number of halogens is 2. The molecule has 0 bridgehead atoms. The maximum Gasteiger partial charge on any atom is 0.246 e. The van der Waals surface area contributed by atoms with Crippen molar-refractivity contribution >= 4 is 39.3 Å². The number of benzene rings is 1. The molecule has 1 atom stereocenters. The highest BCUT2D eigenvalue weighted by Gasteiger charge is 2.45. The molecule has 114 valence electrons. The summed E-state index contributed by atoms with van der Waals surface area (Å²) in [6.45, 7) is 5.70. The van der Waals surface area contributed by atoms with Crippen LogP contribution in [0.1, 0.15) is 32.8 Å². The molecule has 1 aromatic rings. The highest BCUT2D eigenvalue weighted by Crippen LogP contribution is 2.28. The maximum atomic E-state index is 12.6. The predicted octanol–water partition coefficient (Wildman–Crippen LogP) is 3.12. The van der Waals surface area contributed by atoms with Crippen molar-refractivity contribution in [1.82, 2.24) is 10.2 Å². The monoisotopic (exact) mass is 372 g/mol. The number of carbonyl (C=O) groups excluding carboxylic acids is 2. The zero-order valence-electron chi connectivity index (χ0n) is 12.2. The average molecular weight is 374 g/mol. The standard InChI is InChI=1S/C15H18BrClN2O2/c1-4-12-13(20)19(15(2,3)14(21)18-12)8-9-5-6-10(16)7-11(9)17/h5-7,12H,4,8H2,1-3H3,(H,18,21). The van der Waals surface area contributed by atoms with Crippen molar-refractivity contribution in [1.29, 1.82) is 0 Å². The minimum Gasteiger partial charge on any atom is -0.342 e. The first-order valence-corrected chi connectivity index (χ1v) is 8.00. The summed E-state index contributed by atoms with van der Waals surface area (Å²) in [5.74, 6) is -0.205. The Kier molecular flexibility index (Phi) is 4.63. The third kappa shape index (κ3) is 3.09. The zero-order valence-corrected chi connectivity index (χ0v) is 14.6. The fraction of sp³-hybridized carbons (Fsp3) is 0.467. The molecule has 0 radical (unpaired) electrons. The van der Waals surface area contributed by atoms with Gasteiger partial charge in [-0.1, -0.05) is 40.5 Å². The summed E-state index contributed by atoms with van der Waals surface area (Å²) in [6, 6.07) is 5.07.